The fourth-order valence-corrected chi connectivity index (χ4v) is 2.97. The number of hydrogen-bond acceptors (Lipinski definition) is 5. The van der Waals surface area contributed by atoms with Crippen LogP contribution in [0.15, 0.2) is 0 Å². The number of likely N-dealkylation sites (N-methyl/N-ethyl adjacent to an activating group) is 1. The van der Waals surface area contributed by atoms with Crippen molar-refractivity contribution in [2.24, 2.45) is 5.73 Å². The van der Waals surface area contributed by atoms with E-state index in [0.717, 1.165) is 26.2 Å². The number of carbonyl (C=O) groups is 2. The molecule has 0 aromatic carbocycles. The van der Waals surface area contributed by atoms with Crippen LogP contribution < -0.4 is 11.1 Å². The zero-order chi connectivity index (χ0) is 15.5. The van der Waals surface area contributed by atoms with Crippen LogP contribution in [0, 0.1) is 0 Å². The molecule has 0 aromatic rings. The van der Waals surface area contributed by atoms with Gasteiger partial charge >= 0.3 is 6.03 Å². The van der Waals surface area contributed by atoms with Crippen LogP contribution in [0.5, 0.6) is 0 Å². The number of amides is 3. The number of nitrogens with two attached hydrogens (primary N) is 1. The number of nitrogens with zero attached hydrogens (tertiary/aromatic N) is 3. The molecular formula is C14H27N5O2. The van der Waals surface area contributed by atoms with E-state index in [9.17, 15) is 9.59 Å². The van der Waals surface area contributed by atoms with Gasteiger partial charge in [-0.2, -0.15) is 0 Å². The van der Waals surface area contributed by atoms with E-state index in [0.29, 0.717) is 32.4 Å². The van der Waals surface area contributed by atoms with Gasteiger partial charge in [-0.25, -0.2) is 4.79 Å². The van der Waals surface area contributed by atoms with Crippen molar-refractivity contribution in [3.05, 3.63) is 0 Å². The fraction of sp³-hybridized carbons (Fsp3) is 0.857. The van der Waals surface area contributed by atoms with Crippen molar-refractivity contribution in [2.45, 2.75) is 24.8 Å². The van der Waals surface area contributed by atoms with Gasteiger partial charge in [0, 0.05) is 32.7 Å². The first-order valence-electron chi connectivity index (χ1n) is 7.70. The summed E-state index contributed by atoms with van der Waals surface area (Å²) in [7, 11) is 4.11. The van der Waals surface area contributed by atoms with Crippen molar-refractivity contribution < 1.29 is 9.59 Å². The maximum atomic E-state index is 12.5. The molecule has 1 spiro atoms. The van der Waals surface area contributed by atoms with Crippen LogP contribution in [0.2, 0.25) is 0 Å². The Morgan fingerprint density at radius 3 is 2.48 bits per heavy atom. The first-order chi connectivity index (χ1) is 9.98. The molecule has 0 aliphatic carbocycles. The van der Waals surface area contributed by atoms with Gasteiger partial charge in [0.2, 0.25) is 0 Å². The summed E-state index contributed by atoms with van der Waals surface area (Å²) >= 11 is 0. The standard InChI is InChI=1S/C14H27N5O2/c1-17(2)10-11-18-8-4-14(5-9-18)12(20)19(7-3-6-15)13(21)16-14/h3-11,15H2,1-2H3,(H,16,21). The molecule has 0 radical (unpaired) electrons. The van der Waals surface area contributed by atoms with Crippen LogP contribution in [0.4, 0.5) is 4.79 Å². The average molecular weight is 297 g/mol. The van der Waals surface area contributed by atoms with Crippen LogP contribution in [0.1, 0.15) is 19.3 Å². The van der Waals surface area contributed by atoms with Gasteiger partial charge in [-0.1, -0.05) is 0 Å². The monoisotopic (exact) mass is 297 g/mol. The maximum absolute atomic E-state index is 12.5. The highest BCUT2D eigenvalue weighted by Crippen LogP contribution is 2.29. The molecule has 2 rings (SSSR count). The molecule has 2 saturated heterocycles. The van der Waals surface area contributed by atoms with Crippen LogP contribution in [0.3, 0.4) is 0 Å². The summed E-state index contributed by atoms with van der Waals surface area (Å²) in [5, 5.41) is 2.92. The highest BCUT2D eigenvalue weighted by molar-refractivity contribution is 6.07. The lowest BCUT2D eigenvalue weighted by Crippen LogP contribution is -2.55. The van der Waals surface area contributed by atoms with E-state index in [4.69, 9.17) is 5.73 Å². The first kappa shape index (κ1) is 16.2. The summed E-state index contributed by atoms with van der Waals surface area (Å²) < 4.78 is 0. The number of urea groups is 1. The second-order valence-electron chi connectivity index (χ2n) is 6.26. The molecule has 0 unspecified atom stereocenters. The first-order valence-corrected chi connectivity index (χ1v) is 7.70. The van der Waals surface area contributed by atoms with Crippen molar-refractivity contribution in [1.29, 1.82) is 0 Å². The Hall–Kier alpha value is -1.18. The van der Waals surface area contributed by atoms with Crippen molar-refractivity contribution in [1.82, 2.24) is 20.0 Å². The molecule has 2 heterocycles. The number of hydrogen-bond donors (Lipinski definition) is 2. The molecule has 21 heavy (non-hydrogen) atoms. The molecule has 7 nitrogen and oxygen atoms in total. The number of rotatable bonds is 6. The quantitative estimate of drug-likeness (QED) is 0.633. The van der Waals surface area contributed by atoms with E-state index in [1.807, 2.05) is 0 Å². The van der Waals surface area contributed by atoms with Gasteiger partial charge in [-0.15, -0.1) is 0 Å². The van der Waals surface area contributed by atoms with Gasteiger partial charge in [0.15, 0.2) is 0 Å². The van der Waals surface area contributed by atoms with Crippen molar-refractivity contribution >= 4 is 11.9 Å². The van der Waals surface area contributed by atoms with Crippen LogP contribution in [0.25, 0.3) is 0 Å². The van der Waals surface area contributed by atoms with Crippen LogP contribution in [-0.2, 0) is 4.79 Å². The average Bonchev–Trinajstić information content (AvgIpc) is 2.68. The molecule has 2 aliphatic heterocycles. The van der Waals surface area contributed by atoms with E-state index in [-0.39, 0.29) is 11.9 Å². The van der Waals surface area contributed by atoms with Crippen molar-refractivity contribution in [3.8, 4) is 0 Å². The normalized spacial score (nSPS) is 22.4. The molecule has 0 aromatic heterocycles. The van der Waals surface area contributed by atoms with Crippen LogP contribution in [-0.4, -0.2) is 85.5 Å². The second kappa shape index (κ2) is 6.72. The van der Waals surface area contributed by atoms with E-state index in [1.165, 1.54) is 4.90 Å². The molecule has 2 aliphatic rings. The van der Waals surface area contributed by atoms with Crippen molar-refractivity contribution in [2.75, 3.05) is 53.4 Å². The zero-order valence-electron chi connectivity index (χ0n) is 13.1. The van der Waals surface area contributed by atoms with E-state index < -0.39 is 5.54 Å². The predicted octanol–water partition coefficient (Wildman–Crippen LogP) is -0.717. The second-order valence-corrected chi connectivity index (χ2v) is 6.26. The zero-order valence-corrected chi connectivity index (χ0v) is 13.1. The number of nitrogens with one attached hydrogen (secondary N) is 1. The molecule has 2 fully saturated rings. The molecule has 3 N–H and O–H groups in total. The predicted molar refractivity (Wildman–Crippen MR) is 80.9 cm³/mol. The van der Waals surface area contributed by atoms with E-state index >= 15 is 0 Å². The lowest BCUT2D eigenvalue weighted by molar-refractivity contribution is -0.133. The Morgan fingerprint density at radius 2 is 1.90 bits per heavy atom. The molecule has 7 heteroatoms. The molecular weight excluding hydrogens is 270 g/mol. The third-order valence-corrected chi connectivity index (χ3v) is 4.40. The maximum Gasteiger partial charge on any atom is 0.325 e. The Labute approximate surface area is 126 Å². The Morgan fingerprint density at radius 1 is 1.24 bits per heavy atom. The largest absolute Gasteiger partial charge is 0.330 e. The Balaban J connectivity index is 1.90. The Kier molecular flexibility index (Phi) is 5.18. The summed E-state index contributed by atoms with van der Waals surface area (Å²) in [6.45, 7) is 4.63. The Bertz CT molecular complexity index is 391. The van der Waals surface area contributed by atoms with E-state index in [2.05, 4.69) is 29.2 Å². The minimum Gasteiger partial charge on any atom is -0.330 e. The summed E-state index contributed by atoms with van der Waals surface area (Å²) in [6, 6.07) is -0.254. The summed E-state index contributed by atoms with van der Waals surface area (Å²) in [4.78, 5) is 30.4. The molecule has 3 amide bonds. The van der Waals surface area contributed by atoms with Gasteiger partial charge in [0.05, 0.1) is 0 Å². The molecule has 120 valence electrons. The van der Waals surface area contributed by atoms with Gasteiger partial charge in [-0.05, 0) is 39.9 Å². The van der Waals surface area contributed by atoms with Gasteiger partial charge < -0.3 is 20.9 Å². The topological polar surface area (TPSA) is 81.9 Å². The van der Waals surface area contributed by atoms with Gasteiger partial charge in [-0.3, -0.25) is 9.69 Å². The number of imide groups is 1. The SMILES string of the molecule is CN(C)CCN1CCC2(CC1)NC(=O)N(CCCN)C2=O. The number of carbonyl (C=O) groups excluding carboxylic acids is 2. The van der Waals surface area contributed by atoms with Crippen LogP contribution >= 0.6 is 0 Å². The minimum absolute atomic E-state index is 0.0618. The number of piperidine rings is 1. The third-order valence-electron chi connectivity index (χ3n) is 4.40. The molecule has 0 bridgehead atoms. The van der Waals surface area contributed by atoms with Gasteiger partial charge in [0.25, 0.3) is 5.91 Å². The smallest absolute Gasteiger partial charge is 0.325 e. The third kappa shape index (κ3) is 3.53. The summed E-state index contributed by atoms with van der Waals surface area (Å²) in [5.41, 5.74) is 4.80. The lowest BCUT2D eigenvalue weighted by atomic mass is 9.87. The molecule has 0 saturated carbocycles. The summed E-state index contributed by atoms with van der Waals surface area (Å²) in [6.07, 6.45) is 2.05. The highest BCUT2D eigenvalue weighted by Gasteiger charge is 2.51. The van der Waals surface area contributed by atoms with E-state index in [1.54, 1.807) is 0 Å². The van der Waals surface area contributed by atoms with Crippen molar-refractivity contribution in [3.63, 3.8) is 0 Å². The number of likely N-dealkylation sites (tertiary alicyclic amines) is 1. The highest BCUT2D eigenvalue weighted by atomic mass is 16.2. The fourth-order valence-electron chi connectivity index (χ4n) is 2.97. The lowest BCUT2D eigenvalue weighted by Gasteiger charge is -2.37. The minimum atomic E-state index is -0.666. The molecule has 0 atom stereocenters. The summed E-state index contributed by atoms with van der Waals surface area (Å²) in [5.74, 6) is -0.0618. The van der Waals surface area contributed by atoms with Gasteiger partial charge in [0.1, 0.15) is 5.54 Å².